The molecule has 0 radical (unpaired) electrons. The SMILES string of the molecule is Cc1ccc(F)c(NC(=O)c2cccn2C2CCN(C(=O)OC(C)(C)C)CC2)c1. The molecule has 0 atom stereocenters. The Hall–Kier alpha value is -2.83. The first-order valence-electron chi connectivity index (χ1n) is 9.86. The highest BCUT2D eigenvalue weighted by Crippen LogP contribution is 2.26. The first kappa shape index (κ1) is 20.9. The van der Waals surface area contributed by atoms with Crippen LogP contribution in [-0.2, 0) is 4.74 Å². The van der Waals surface area contributed by atoms with Gasteiger partial charge in [0.05, 0.1) is 5.69 Å². The third-order valence-electron chi connectivity index (χ3n) is 4.89. The molecule has 156 valence electrons. The van der Waals surface area contributed by atoms with Crippen molar-refractivity contribution in [3.8, 4) is 0 Å². The van der Waals surface area contributed by atoms with Gasteiger partial charge in [0.2, 0.25) is 0 Å². The van der Waals surface area contributed by atoms with E-state index in [1.807, 2.05) is 44.5 Å². The number of ether oxygens (including phenoxy) is 1. The fourth-order valence-corrected chi connectivity index (χ4v) is 3.48. The lowest BCUT2D eigenvalue weighted by Crippen LogP contribution is -2.42. The van der Waals surface area contributed by atoms with E-state index in [0.29, 0.717) is 31.6 Å². The number of benzene rings is 1. The van der Waals surface area contributed by atoms with Gasteiger partial charge in [-0.2, -0.15) is 0 Å². The topological polar surface area (TPSA) is 63.6 Å². The van der Waals surface area contributed by atoms with Crippen molar-refractivity contribution in [1.82, 2.24) is 9.47 Å². The summed E-state index contributed by atoms with van der Waals surface area (Å²) in [6.07, 6.45) is 2.98. The normalized spacial score (nSPS) is 15.3. The van der Waals surface area contributed by atoms with Crippen LogP contribution in [-0.4, -0.2) is 40.2 Å². The predicted octanol–water partition coefficient (Wildman–Crippen LogP) is 4.76. The maximum atomic E-state index is 14.0. The summed E-state index contributed by atoms with van der Waals surface area (Å²) in [4.78, 5) is 26.7. The Morgan fingerprint density at radius 1 is 1.17 bits per heavy atom. The van der Waals surface area contributed by atoms with Gasteiger partial charge in [-0.1, -0.05) is 6.07 Å². The summed E-state index contributed by atoms with van der Waals surface area (Å²) in [7, 11) is 0. The average molecular weight is 401 g/mol. The zero-order chi connectivity index (χ0) is 21.2. The van der Waals surface area contributed by atoms with Gasteiger partial charge in [0, 0.05) is 25.3 Å². The Morgan fingerprint density at radius 2 is 1.86 bits per heavy atom. The van der Waals surface area contributed by atoms with Crippen LogP contribution in [0, 0.1) is 12.7 Å². The van der Waals surface area contributed by atoms with Gasteiger partial charge >= 0.3 is 6.09 Å². The van der Waals surface area contributed by atoms with Crippen LogP contribution in [0.4, 0.5) is 14.9 Å². The van der Waals surface area contributed by atoms with E-state index in [9.17, 15) is 14.0 Å². The van der Waals surface area contributed by atoms with E-state index in [4.69, 9.17) is 4.74 Å². The number of anilines is 1. The second-order valence-corrected chi connectivity index (χ2v) is 8.44. The molecule has 0 bridgehead atoms. The van der Waals surface area contributed by atoms with Crippen molar-refractivity contribution in [3.05, 3.63) is 53.6 Å². The fourth-order valence-electron chi connectivity index (χ4n) is 3.48. The Morgan fingerprint density at radius 3 is 2.52 bits per heavy atom. The number of hydrogen-bond donors (Lipinski definition) is 1. The summed E-state index contributed by atoms with van der Waals surface area (Å²) >= 11 is 0. The van der Waals surface area contributed by atoms with E-state index in [0.717, 1.165) is 5.56 Å². The Kier molecular flexibility index (Phi) is 5.96. The molecule has 1 aromatic heterocycles. The number of nitrogens with zero attached hydrogens (tertiary/aromatic N) is 2. The number of halogens is 1. The number of carbonyl (C=O) groups excluding carboxylic acids is 2. The number of piperidine rings is 1. The van der Waals surface area contributed by atoms with Gasteiger partial charge < -0.3 is 19.5 Å². The summed E-state index contributed by atoms with van der Waals surface area (Å²) in [6.45, 7) is 8.51. The highest BCUT2D eigenvalue weighted by atomic mass is 19.1. The quantitative estimate of drug-likeness (QED) is 0.807. The minimum Gasteiger partial charge on any atom is -0.444 e. The molecule has 1 fully saturated rings. The van der Waals surface area contributed by atoms with Gasteiger partial charge in [-0.15, -0.1) is 0 Å². The molecule has 0 spiro atoms. The molecule has 3 rings (SSSR count). The molecular formula is C22H28FN3O3. The van der Waals surface area contributed by atoms with Crippen LogP contribution in [0.3, 0.4) is 0 Å². The van der Waals surface area contributed by atoms with Crippen LogP contribution >= 0.6 is 0 Å². The molecule has 2 amide bonds. The molecule has 0 saturated carbocycles. The first-order chi connectivity index (χ1) is 13.6. The van der Waals surface area contributed by atoms with Gasteiger partial charge in [0.25, 0.3) is 5.91 Å². The fraction of sp³-hybridized carbons (Fsp3) is 0.455. The van der Waals surface area contributed by atoms with E-state index in [-0.39, 0.29) is 23.7 Å². The molecular weight excluding hydrogens is 373 g/mol. The van der Waals surface area contributed by atoms with Crippen LogP contribution in [0.25, 0.3) is 0 Å². The van der Waals surface area contributed by atoms with Gasteiger partial charge in [-0.25, -0.2) is 9.18 Å². The lowest BCUT2D eigenvalue weighted by atomic mass is 10.0. The van der Waals surface area contributed by atoms with Crippen molar-refractivity contribution in [2.45, 2.75) is 52.2 Å². The second-order valence-electron chi connectivity index (χ2n) is 8.44. The van der Waals surface area contributed by atoms with Gasteiger partial charge in [-0.3, -0.25) is 4.79 Å². The number of rotatable bonds is 3. The summed E-state index contributed by atoms with van der Waals surface area (Å²) < 4.78 is 21.3. The van der Waals surface area contributed by atoms with Crippen molar-refractivity contribution >= 4 is 17.7 Å². The van der Waals surface area contributed by atoms with Crippen molar-refractivity contribution in [3.63, 3.8) is 0 Å². The molecule has 0 unspecified atom stereocenters. The summed E-state index contributed by atoms with van der Waals surface area (Å²) in [5.41, 5.74) is 0.987. The number of amides is 2. The monoisotopic (exact) mass is 401 g/mol. The number of aryl methyl sites for hydroxylation is 1. The van der Waals surface area contributed by atoms with E-state index in [1.165, 1.54) is 6.07 Å². The zero-order valence-corrected chi connectivity index (χ0v) is 17.4. The molecule has 1 aromatic carbocycles. The molecule has 2 heterocycles. The molecule has 1 aliphatic rings. The molecule has 7 heteroatoms. The minimum absolute atomic E-state index is 0.0896. The lowest BCUT2D eigenvalue weighted by Gasteiger charge is -2.34. The minimum atomic E-state index is -0.523. The van der Waals surface area contributed by atoms with Crippen LogP contribution in [0.1, 0.15) is 55.7 Å². The Bertz CT molecular complexity index is 893. The molecule has 1 aliphatic heterocycles. The summed E-state index contributed by atoms with van der Waals surface area (Å²) in [5.74, 6) is -0.818. The van der Waals surface area contributed by atoms with E-state index in [1.54, 1.807) is 23.1 Å². The molecule has 29 heavy (non-hydrogen) atoms. The first-order valence-corrected chi connectivity index (χ1v) is 9.86. The van der Waals surface area contributed by atoms with Gasteiger partial charge in [-0.05, 0) is 70.4 Å². The van der Waals surface area contributed by atoms with Gasteiger partial charge in [0.15, 0.2) is 0 Å². The lowest BCUT2D eigenvalue weighted by molar-refractivity contribution is 0.0187. The van der Waals surface area contributed by atoms with E-state index >= 15 is 0 Å². The van der Waals surface area contributed by atoms with Gasteiger partial charge in [0.1, 0.15) is 17.1 Å². The number of carbonyl (C=O) groups is 2. The van der Waals surface area contributed by atoms with Crippen LogP contribution in [0.15, 0.2) is 36.5 Å². The molecule has 6 nitrogen and oxygen atoms in total. The van der Waals surface area contributed by atoms with Crippen LogP contribution < -0.4 is 5.32 Å². The number of nitrogens with one attached hydrogen (secondary N) is 1. The molecule has 1 N–H and O–H groups in total. The van der Waals surface area contributed by atoms with Crippen molar-refractivity contribution < 1.29 is 18.7 Å². The third-order valence-corrected chi connectivity index (χ3v) is 4.89. The number of aromatic nitrogens is 1. The molecule has 0 aliphatic carbocycles. The smallest absolute Gasteiger partial charge is 0.410 e. The molecule has 1 saturated heterocycles. The number of likely N-dealkylation sites (tertiary alicyclic amines) is 1. The molecule has 2 aromatic rings. The average Bonchev–Trinajstić information content (AvgIpc) is 3.13. The zero-order valence-electron chi connectivity index (χ0n) is 17.4. The van der Waals surface area contributed by atoms with Crippen molar-refractivity contribution in [1.29, 1.82) is 0 Å². The van der Waals surface area contributed by atoms with Crippen LogP contribution in [0.2, 0.25) is 0 Å². The largest absolute Gasteiger partial charge is 0.444 e. The summed E-state index contributed by atoms with van der Waals surface area (Å²) in [5, 5.41) is 2.67. The maximum absolute atomic E-state index is 14.0. The third kappa shape index (κ3) is 5.16. The van der Waals surface area contributed by atoms with Crippen molar-refractivity contribution in [2.24, 2.45) is 0 Å². The van der Waals surface area contributed by atoms with Crippen molar-refractivity contribution in [2.75, 3.05) is 18.4 Å². The summed E-state index contributed by atoms with van der Waals surface area (Å²) in [6, 6.07) is 8.24. The Balaban J connectivity index is 1.66. The second kappa shape index (κ2) is 8.27. The predicted molar refractivity (Wildman–Crippen MR) is 110 cm³/mol. The van der Waals surface area contributed by atoms with E-state index in [2.05, 4.69) is 5.32 Å². The highest BCUT2D eigenvalue weighted by Gasteiger charge is 2.28. The maximum Gasteiger partial charge on any atom is 0.410 e. The van der Waals surface area contributed by atoms with Crippen LogP contribution in [0.5, 0.6) is 0 Å². The van der Waals surface area contributed by atoms with E-state index < -0.39 is 11.4 Å². The Labute approximate surface area is 170 Å². The highest BCUT2D eigenvalue weighted by molar-refractivity contribution is 6.03. The number of hydrogen-bond acceptors (Lipinski definition) is 3. The standard InChI is InChI=1S/C22H28FN3O3/c1-15-7-8-17(23)18(14-15)24-20(27)19-6-5-11-26(19)16-9-12-25(13-10-16)21(28)29-22(2,3)4/h5-8,11,14,16H,9-10,12-13H2,1-4H3,(H,24,27).